The van der Waals surface area contributed by atoms with E-state index in [0.717, 1.165) is 47.5 Å². The van der Waals surface area contributed by atoms with E-state index in [2.05, 4.69) is 54.6 Å². The monoisotopic (exact) mass is 449 g/mol. The molecule has 0 bridgehead atoms. The molecule has 2 heterocycles. The normalized spacial score (nSPS) is 16.6. The van der Waals surface area contributed by atoms with Gasteiger partial charge in [-0.1, -0.05) is 97.1 Å². The summed E-state index contributed by atoms with van der Waals surface area (Å²) >= 11 is 1.62. The van der Waals surface area contributed by atoms with Crippen LogP contribution in [0.3, 0.4) is 0 Å². The van der Waals surface area contributed by atoms with Crippen LogP contribution in [0.2, 0.25) is 0 Å². The third kappa shape index (κ3) is 2.95. The van der Waals surface area contributed by atoms with E-state index in [-0.39, 0.29) is 0 Å². The zero-order valence-electron chi connectivity index (χ0n) is 17.1. The van der Waals surface area contributed by atoms with Gasteiger partial charge in [0.15, 0.2) is 0 Å². The Morgan fingerprint density at radius 1 is 0.594 bits per heavy atom. The minimum atomic E-state index is -2.77. The smallest absolute Gasteiger partial charge is 0.135 e. The third-order valence-electron chi connectivity index (χ3n) is 5.72. The van der Waals surface area contributed by atoms with Gasteiger partial charge in [0, 0.05) is 21.6 Å². The van der Waals surface area contributed by atoms with Crippen molar-refractivity contribution < 1.29 is 4.21 Å². The van der Waals surface area contributed by atoms with Crippen LogP contribution in [0.4, 0.5) is 5.00 Å². The summed E-state index contributed by atoms with van der Waals surface area (Å²) in [7, 11) is -2.77. The van der Waals surface area contributed by atoms with E-state index >= 15 is 0 Å². The molecule has 0 saturated heterocycles. The highest BCUT2D eigenvalue weighted by molar-refractivity contribution is 7.94. The van der Waals surface area contributed by atoms with Crippen LogP contribution < -0.4 is 0 Å². The van der Waals surface area contributed by atoms with Crippen molar-refractivity contribution >= 4 is 26.1 Å². The van der Waals surface area contributed by atoms with Gasteiger partial charge in [0.2, 0.25) is 0 Å². The van der Waals surface area contributed by atoms with Crippen molar-refractivity contribution in [2.75, 3.05) is 0 Å². The molecule has 1 aliphatic rings. The van der Waals surface area contributed by atoms with Crippen molar-refractivity contribution in [1.82, 2.24) is 0 Å². The molecule has 32 heavy (non-hydrogen) atoms. The highest BCUT2D eigenvalue weighted by atomic mass is 32.2. The van der Waals surface area contributed by atoms with Gasteiger partial charge in [0.1, 0.15) is 14.7 Å². The van der Waals surface area contributed by atoms with Crippen LogP contribution in [0.1, 0.15) is 0 Å². The Hall–Kier alpha value is -3.47. The Balaban J connectivity index is 1.75. The molecule has 0 fully saturated rings. The lowest BCUT2D eigenvalue weighted by molar-refractivity contribution is 0.676. The van der Waals surface area contributed by atoms with Gasteiger partial charge in [-0.15, -0.1) is 11.3 Å². The average Bonchev–Trinajstić information content (AvgIpc) is 3.25. The SMILES string of the molecule is O=S1(c2ccccc2)=Nc2sc(-c3ccccc3)c(-c3ccccc3)c2-c2ccccc21. The molecule has 0 spiro atoms. The van der Waals surface area contributed by atoms with Crippen molar-refractivity contribution in [3.63, 3.8) is 0 Å². The third-order valence-corrected chi connectivity index (χ3v) is 9.27. The van der Waals surface area contributed by atoms with Crippen LogP contribution in [-0.4, -0.2) is 4.21 Å². The van der Waals surface area contributed by atoms with Crippen molar-refractivity contribution in [1.29, 1.82) is 0 Å². The lowest BCUT2D eigenvalue weighted by Gasteiger charge is -2.20. The van der Waals surface area contributed by atoms with Gasteiger partial charge >= 0.3 is 0 Å². The largest absolute Gasteiger partial charge is 0.239 e. The molecule has 0 saturated carbocycles. The van der Waals surface area contributed by atoms with E-state index in [4.69, 9.17) is 4.36 Å². The van der Waals surface area contributed by atoms with E-state index in [0.29, 0.717) is 0 Å². The Bertz CT molecular complexity index is 1550. The molecule has 0 N–H and O–H groups in total. The molecule has 4 heteroatoms. The van der Waals surface area contributed by atoms with Gasteiger partial charge in [-0.3, -0.25) is 0 Å². The molecule has 2 nitrogen and oxygen atoms in total. The van der Waals surface area contributed by atoms with Crippen LogP contribution in [0, 0.1) is 0 Å². The Labute approximate surface area is 192 Å². The number of benzene rings is 4. The van der Waals surface area contributed by atoms with Crippen molar-refractivity contribution in [3.05, 3.63) is 115 Å². The summed E-state index contributed by atoms with van der Waals surface area (Å²) in [6.45, 7) is 0. The highest BCUT2D eigenvalue weighted by Gasteiger charge is 2.32. The number of hydrogen-bond acceptors (Lipinski definition) is 3. The lowest BCUT2D eigenvalue weighted by Crippen LogP contribution is -2.06. The van der Waals surface area contributed by atoms with Crippen LogP contribution in [0.5, 0.6) is 0 Å². The van der Waals surface area contributed by atoms with Crippen LogP contribution in [-0.2, 0) is 9.73 Å². The topological polar surface area (TPSA) is 29.4 Å². The van der Waals surface area contributed by atoms with E-state index in [1.807, 2.05) is 60.7 Å². The van der Waals surface area contributed by atoms with Gasteiger partial charge in [-0.2, -0.15) is 4.36 Å². The van der Waals surface area contributed by atoms with Gasteiger partial charge in [0.25, 0.3) is 0 Å². The van der Waals surface area contributed by atoms with Crippen LogP contribution in [0.25, 0.3) is 32.7 Å². The molecule has 1 unspecified atom stereocenters. The standard InChI is InChI=1S/C28H19NOS2/c30-32(22-16-8-3-9-17-22)24-19-11-10-18-23(24)26-25(20-12-4-1-5-13-20)27(31-28(26)29-32)21-14-6-2-7-15-21/h1-19H. The maximum Gasteiger partial charge on any atom is 0.135 e. The molecule has 0 aliphatic carbocycles. The summed E-state index contributed by atoms with van der Waals surface area (Å²) in [4.78, 5) is 2.68. The maximum atomic E-state index is 14.4. The first-order chi connectivity index (χ1) is 15.8. The fourth-order valence-corrected chi connectivity index (χ4v) is 7.86. The molecule has 5 aromatic rings. The maximum absolute atomic E-state index is 14.4. The fourth-order valence-electron chi connectivity index (χ4n) is 4.27. The summed E-state index contributed by atoms with van der Waals surface area (Å²) in [5.41, 5.74) is 5.52. The average molecular weight is 450 g/mol. The van der Waals surface area contributed by atoms with Crippen molar-refractivity contribution in [2.24, 2.45) is 4.36 Å². The number of nitrogens with zero attached hydrogens (tertiary/aromatic N) is 1. The first-order valence-corrected chi connectivity index (χ1v) is 12.8. The first-order valence-electron chi connectivity index (χ1n) is 10.4. The fraction of sp³-hybridized carbons (Fsp3) is 0. The van der Waals surface area contributed by atoms with E-state index in [1.54, 1.807) is 11.3 Å². The second-order valence-electron chi connectivity index (χ2n) is 7.64. The number of rotatable bonds is 3. The second-order valence-corrected chi connectivity index (χ2v) is 10.8. The Morgan fingerprint density at radius 3 is 1.84 bits per heavy atom. The molecular formula is C28H19NOS2. The molecule has 6 rings (SSSR count). The summed E-state index contributed by atoms with van der Waals surface area (Å²) in [6.07, 6.45) is 0. The van der Waals surface area contributed by atoms with E-state index < -0.39 is 9.73 Å². The molecule has 0 radical (unpaired) electrons. The van der Waals surface area contributed by atoms with Gasteiger partial charge < -0.3 is 0 Å². The van der Waals surface area contributed by atoms with E-state index in [9.17, 15) is 4.21 Å². The zero-order valence-corrected chi connectivity index (χ0v) is 18.8. The molecule has 154 valence electrons. The van der Waals surface area contributed by atoms with Crippen molar-refractivity contribution in [2.45, 2.75) is 9.79 Å². The number of thiophene rings is 1. The predicted molar refractivity (Wildman–Crippen MR) is 134 cm³/mol. The number of hydrogen-bond donors (Lipinski definition) is 0. The Kier molecular flexibility index (Phi) is 4.56. The number of fused-ring (bicyclic) bond motifs is 3. The van der Waals surface area contributed by atoms with Crippen LogP contribution >= 0.6 is 11.3 Å². The molecule has 4 aromatic carbocycles. The lowest BCUT2D eigenvalue weighted by atomic mass is 9.94. The van der Waals surface area contributed by atoms with Gasteiger partial charge in [-0.25, -0.2) is 4.21 Å². The molecular weight excluding hydrogens is 430 g/mol. The van der Waals surface area contributed by atoms with Gasteiger partial charge in [0.05, 0.1) is 9.79 Å². The quantitative estimate of drug-likeness (QED) is 0.267. The molecule has 1 aromatic heterocycles. The summed E-state index contributed by atoms with van der Waals surface area (Å²) in [5, 5.41) is 0.829. The molecule has 0 amide bonds. The zero-order chi connectivity index (χ0) is 21.5. The summed E-state index contributed by atoms with van der Waals surface area (Å²) in [6, 6.07) is 38.5. The minimum absolute atomic E-state index is 0.744. The second kappa shape index (κ2) is 7.59. The predicted octanol–water partition coefficient (Wildman–Crippen LogP) is 8.28. The summed E-state index contributed by atoms with van der Waals surface area (Å²) in [5.74, 6) is 0. The summed E-state index contributed by atoms with van der Waals surface area (Å²) < 4.78 is 19.4. The first kappa shape index (κ1) is 19.2. The van der Waals surface area contributed by atoms with Crippen molar-refractivity contribution in [3.8, 4) is 32.7 Å². The highest BCUT2D eigenvalue weighted by Crippen LogP contribution is 2.56. The van der Waals surface area contributed by atoms with E-state index in [1.165, 1.54) is 0 Å². The minimum Gasteiger partial charge on any atom is -0.239 e. The molecule has 1 atom stereocenters. The van der Waals surface area contributed by atoms with Crippen LogP contribution in [0.15, 0.2) is 129 Å². The Morgan fingerprint density at radius 2 is 1.16 bits per heavy atom. The van der Waals surface area contributed by atoms with Gasteiger partial charge in [-0.05, 0) is 29.3 Å². The molecule has 1 aliphatic heterocycles.